The molecule has 1 N–H and O–H groups in total. The SMILES string of the molecule is Cl.O=C1c2ccccc2C2CNCCN12. The Morgan fingerprint density at radius 2 is 2.13 bits per heavy atom. The fraction of sp³-hybridized carbons (Fsp3) is 0.364. The summed E-state index contributed by atoms with van der Waals surface area (Å²) in [6.07, 6.45) is 0. The summed E-state index contributed by atoms with van der Waals surface area (Å²) in [5, 5.41) is 3.32. The predicted molar refractivity (Wildman–Crippen MR) is 60.3 cm³/mol. The fourth-order valence-electron chi connectivity index (χ4n) is 2.36. The molecular formula is C11H13ClN2O. The molecule has 0 aromatic heterocycles. The molecule has 1 amide bonds. The molecular weight excluding hydrogens is 212 g/mol. The monoisotopic (exact) mass is 224 g/mol. The zero-order valence-corrected chi connectivity index (χ0v) is 9.09. The number of benzene rings is 1. The second-order valence-corrected chi connectivity index (χ2v) is 3.81. The number of halogens is 1. The van der Waals surface area contributed by atoms with Crippen molar-refractivity contribution in [3.63, 3.8) is 0 Å². The molecule has 15 heavy (non-hydrogen) atoms. The number of hydrogen-bond donors (Lipinski definition) is 1. The van der Waals surface area contributed by atoms with Crippen LogP contribution in [0.15, 0.2) is 24.3 Å². The van der Waals surface area contributed by atoms with Gasteiger partial charge in [0, 0.05) is 25.2 Å². The Hall–Kier alpha value is -1.06. The van der Waals surface area contributed by atoms with Crippen molar-refractivity contribution in [3.05, 3.63) is 35.4 Å². The van der Waals surface area contributed by atoms with Crippen LogP contribution in [0, 0.1) is 0 Å². The first kappa shape index (κ1) is 10.5. The van der Waals surface area contributed by atoms with Crippen LogP contribution in [0.3, 0.4) is 0 Å². The molecule has 1 aromatic carbocycles. The van der Waals surface area contributed by atoms with E-state index >= 15 is 0 Å². The average molecular weight is 225 g/mol. The normalized spacial score (nSPS) is 23.1. The van der Waals surface area contributed by atoms with Crippen molar-refractivity contribution in [2.45, 2.75) is 6.04 Å². The summed E-state index contributed by atoms with van der Waals surface area (Å²) in [7, 11) is 0. The summed E-state index contributed by atoms with van der Waals surface area (Å²) in [4.78, 5) is 13.9. The van der Waals surface area contributed by atoms with E-state index < -0.39 is 0 Å². The van der Waals surface area contributed by atoms with Crippen molar-refractivity contribution in [1.29, 1.82) is 0 Å². The lowest BCUT2D eigenvalue weighted by molar-refractivity contribution is 0.0691. The number of carbonyl (C=O) groups is 1. The van der Waals surface area contributed by atoms with E-state index in [0.717, 1.165) is 25.2 Å². The van der Waals surface area contributed by atoms with Gasteiger partial charge < -0.3 is 10.2 Å². The van der Waals surface area contributed by atoms with Gasteiger partial charge in [0.2, 0.25) is 0 Å². The van der Waals surface area contributed by atoms with Gasteiger partial charge in [0.25, 0.3) is 5.91 Å². The number of amides is 1. The molecule has 3 rings (SSSR count). The average Bonchev–Trinajstić information content (AvgIpc) is 2.55. The molecule has 0 aliphatic carbocycles. The van der Waals surface area contributed by atoms with E-state index in [1.165, 1.54) is 5.56 Å². The van der Waals surface area contributed by atoms with Gasteiger partial charge in [-0.25, -0.2) is 0 Å². The Morgan fingerprint density at radius 1 is 1.33 bits per heavy atom. The third kappa shape index (κ3) is 1.43. The largest absolute Gasteiger partial charge is 0.329 e. The number of carbonyl (C=O) groups excluding carboxylic acids is 1. The van der Waals surface area contributed by atoms with Gasteiger partial charge in [-0.15, -0.1) is 12.4 Å². The van der Waals surface area contributed by atoms with Gasteiger partial charge in [0.05, 0.1) is 6.04 Å². The maximum absolute atomic E-state index is 11.9. The quantitative estimate of drug-likeness (QED) is 0.719. The lowest BCUT2D eigenvalue weighted by atomic mass is 10.0. The van der Waals surface area contributed by atoms with Crippen molar-refractivity contribution < 1.29 is 4.79 Å². The Kier molecular flexibility index (Phi) is 2.67. The molecule has 1 fully saturated rings. The van der Waals surface area contributed by atoms with Gasteiger partial charge in [-0.1, -0.05) is 18.2 Å². The van der Waals surface area contributed by atoms with Gasteiger partial charge in [-0.2, -0.15) is 0 Å². The Balaban J connectivity index is 0.000000853. The number of piperazine rings is 1. The highest BCUT2D eigenvalue weighted by Crippen LogP contribution is 2.33. The Morgan fingerprint density at radius 3 is 3.00 bits per heavy atom. The van der Waals surface area contributed by atoms with E-state index in [1.807, 2.05) is 23.1 Å². The molecule has 2 heterocycles. The van der Waals surface area contributed by atoms with Crippen LogP contribution in [-0.4, -0.2) is 30.4 Å². The Bertz CT molecular complexity index is 394. The van der Waals surface area contributed by atoms with E-state index in [1.54, 1.807) is 0 Å². The van der Waals surface area contributed by atoms with Crippen LogP contribution in [0.2, 0.25) is 0 Å². The minimum Gasteiger partial charge on any atom is -0.329 e. The highest BCUT2D eigenvalue weighted by molar-refractivity contribution is 5.99. The third-order valence-corrected chi connectivity index (χ3v) is 3.05. The number of rotatable bonds is 0. The molecule has 1 saturated heterocycles. The smallest absolute Gasteiger partial charge is 0.254 e. The van der Waals surface area contributed by atoms with Crippen LogP contribution in [-0.2, 0) is 0 Å². The molecule has 80 valence electrons. The van der Waals surface area contributed by atoms with Gasteiger partial charge >= 0.3 is 0 Å². The van der Waals surface area contributed by atoms with E-state index in [0.29, 0.717) is 0 Å². The van der Waals surface area contributed by atoms with Crippen molar-refractivity contribution >= 4 is 18.3 Å². The van der Waals surface area contributed by atoms with E-state index in [-0.39, 0.29) is 24.4 Å². The van der Waals surface area contributed by atoms with Gasteiger partial charge in [-0.3, -0.25) is 4.79 Å². The first-order valence-corrected chi connectivity index (χ1v) is 4.98. The minimum absolute atomic E-state index is 0. The maximum Gasteiger partial charge on any atom is 0.254 e. The van der Waals surface area contributed by atoms with E-state index in [9.17, 15) is 4.79 Å². The van der Waals surface area contributed by atoms with Crippen molar-refractivity contribution in [2.24, 2.45) is 0 Å². The molecule has 3 nitrogen and oxygen atoms in total. The number of nitrogens with one attached hydrogen (secondary N) is 1. The molecule has 1 aromatic rings. The second kappa shape index (κ2) is 3.83. The summed E-state index contributed by atoms with van der Waals surface area (Å²) >= 11 is 0. The maximum atomic E-state index is 11.9. The number of hydrogen-bond acceptors (Lipinski definition) is 2. The number of fused-ring (bicyclic) bond motifs is 3. The highest BCUT2D eigenvalue weighted by atomic mass is 35.5. The summed E-state index contributed by atoms with van der Waals surface area (Å²) in [6.45, 7) is 2.64. The summed E-state index contributed by atoms with van der Waals surface area (Å²) in [5.74, 6) is 0.201. The van der Waals surface area contributed by atoms with Crippen LogP contribution >= 0.6 is 12.4 Å². The molecule has 0 radical (unpaired) electrons. The van der Waals surface area contributed by atoms with Crippen molar-refractivity contribution in [1.82, 2.24) is 10.2 Å². The van der Waals surface area contributed by atoms with Gasteiger partial charge in [-0.05, 0) is 11.6 Å². The lowest BCUT2D eigenvalue weighted by Crippen LogP contribution is -2.44. The second-order valence-electron chi connectivity index (χ2n) is 3.81. The van der Waals surface area contributed by atoms with Gasteiger partial charge in [0.1, 0.15) is 0 Å². The van der Waals surface area contributed by atoms with Crippen molar-refractivity contribution in [2.75, 3.05) is 19.6 Å². The molecule has 0 spiro atoms. The molecule has 0 saturated carbocycles. The van der Waals surface area contributed by atoms with Crippen LogP contribution in [0.5, 0.6) is 0 Å². The fourth-order valence-corrected chi connectivity index (χ4v) is 2.36. The van der Waals surface area contributed by atoms with Crippen LogP contribution in [0.4, 0.5) is 0 Å². The molecule has 2 aliphatic rings. The van der Waals surface area contributed by atoms with E-state index in [4.69, 9.17) is 0 Å². The standard InChI is InChI=1S/C11H12N2O.ClH/c14-11-9-4-2-1-3-8(9)10-7-12-5-6-13(10)11;/h1-4,10,12H,5-7H2;1H. The first-order chi connectivity index (χ1) is 6.88. The third-order valence-electron chi connectivity index (χ3n) is 3.05. The van der Waals surface area contributed by atoms with Crippen LogP contribution in [0.1, 0.15) is 22.0 Å². The first-order valence-electron chi connectivity index (χ1n) is 4.98. The minimum atomic E-state index is 0. The molecule has 0 bridgehead atoms. The summed E-state index contributed by atoms with van der Waals surface area (Å²) < 4.78 is 0. The van der Waals surface area contributed by atoms with E-state index in [2.05, 4.69) is 11.4 Å². The lowest BCUT2D eigenvalue weighted by Gasteiger charge is -2.30. The van der Waals surface area contributed by atoms with Crippen LogP contribution in [0.25, 0.3) is 0 Å². The predicted octanol–water partition coefficient (Wildman–Crippen LogP) is 1.21. The zero-order chi connectivity index (χ0) is 9.54. The number of nitrogens with zero attached hydrogens (tertiary/aromatic N) is 1. The molecule has 1 unspecified atom stereocenters. The van der Waals surface area contributed by atoms with Crippen LogP contribution < -0.4 is 5.32 Å². The highest BCUT2D eigenvalue weighted by Gasteiger charge is 2.37. The molecule has 4 heteroatoms. The van der Waals surface area contributed by atoms with Crippen molar-refractivity contribution in [3.8, 4) is 0 Å². The molecule has 2 aliphatic heterocycles. The zero-order valence-electron chi connectivity index (χ0n) is 8.27. The molecule has 1 atom stereocenters. The summed E-state index contributed by atoms with van der Waals surface area (Å²) in [5.41, 5.74) is 2.07. The topological polar surface area (TPSA) is 32.3 Å². The van der Waals surface area contributed by atoms with Gasteiger partial charge in [0.15, 0.2) is 0 Å². The summed E-state index contributed by atoms with van der Waals surface area (Å²) in [6, 6.07) is 8.20. The Labute approximate surface area is 94.9 Å².